The quantitative estimate of drug-likeness (QED) is 0.780. The summed E-state index contributed by atoms with van der Waals surface area (Å²) in [6.07, 6.45) is -0.858. The minimum Gasteiger partial charge on any atom is -0.479 e. The van der Waals surface area contributed by atoms with Crippen molar-refractivity contribution in [1.29, 1.82) is 0 Å². The number of esters is 1. The maximum Gasteiger partial charge on any atom is 0.347 e. The highest BCUT2D eigenvalue weighted by Gasteiger charge is 2.30. The van der Waals surface area contributed by atoms with Crippen molar-refractivity contribution >= 4 is 29.2 Å². The van der Waals surface area contributed by atoms with Crippen LogP contribution in [-0.4, -0.2) is 36.5 Å². The van der Waals surface area contributed by atoms with E-state index in [2.05, 4.69) is 5.32 Å². The van der Waals surface area contributed by atoms with Crippen LogP contribution in [0.25, 0.3) is 0 Å². The van der Waals surface area contributed by atoms with E-state index >= 15 is 0 Å². The Bertz CT molecular complexity index is 916. The molecule has 1 N–H and O–H groups in total. The lowest BCUT2D eigenvalue weighted by Crippen LogP contribution is -2.42. The minimum absolute atomic E-state index is 0.123. The molecule has 0 saturated heterocycles. The summed E-state index contributed by atoms with van der Waals surface area (Å²) in [5, 5.41) is 2.76. The number of anilines is 2. The SMILES string of the molecule is C[C@H](Oc1ccc(F)cc1)C(=O)OCC(=O)N1c2ccccc2NC(=O)C[C@@H]1C. The lowest BCUT2D eigenvalue weighted by atomic mass is 10.1. The third-order valence-electron chi connectivity index (χ3n) is 4.42. The number of benzene rings is 2. The normalized spacial score (nSPS) is 16.9. The summed E-state index contributed by atoms with van der Waals surface area (Å²) in [6, 6.07) is 11.7. The Balaban J connectivity index is 1.64. The molecule has 3 rings (SSSR count). The van der Waals surface area contributed by atoms with E-state index in [9.17, 15) is 18.8 Å². The first-order valence-electron chi connectivity index (χ1n) is 9.15. The molecular weight excluding hydrogens is 379 g/mol. The van der Waals surface area contributed by atoms with Crippen molar-refractivity contribution in [3.63, 3.8) is 0 Å². The van der Waals surface area contributed by atoms with Gasteiger partial charge in [0.2, 0.25) is 5.91 Å². The van der Waals surface area contributed by atoms with E-state index in [1.807, 2.05) is 0 Å². The standard InChI is InChI=1S/C21H21FN2O5/c1-13-11-19(25)23-17-5-3-4-6-18(17)24(13)20(26)12-28-21(27)14(2)29-16-9-7-15(22)8-10-16/h3-10,13-14H,11-12H2,1-2H3,(H,23,25)/t13-,14-/m0/s1. The van der Waals surface area contributed by atoms with Crippen LogP contribution in [0.4, 0.5) is 15.8 Å². The van der Waals surface area contributed by atoms with Gasteiger partial charge in [-0.3, -0.25) is 9.59 Å². The third kappa shape index (κ3) is 4.90. The fourth-order valence-corrected chi connectivity index (χ4v) is 3.05. The third-order valence-corrected chi connectivity index (χ3v) is 4.42. The van der Waals surface area contributed by atoms with Crippen LogP contribution in [-0.2, 0) is 19.1 Å². The molecule has 152 valence electrons. The number of para-hydroxylation sites is 2. The van der Waals surface area contributed by atoms with Crippen molar-refractivity contribution in [2.45, 2.75) is 32.4 Å². The number of nitrogens with one attached hydrogen (secondary N) is 1. The molecule has 2 amide bonds. The molecule has 1 aliphatic heterocycles. The van der Waals surface area contributed by atoms with Crippen LogP contribution in [0, 0.1) is 5.82 Å². The second-order valence-electron chi connectivity index (χ2n) is 6.70. The molecule has 7 nitrogen and oxygen atoms in total. The predicted octanol–water partition coefficient (Wildman–Crippen LogP) is 2.90. The number of ether oxygens (including phenoxy) is 2. The van der Waals surface area contributed by atoms with E-state index < -0.39 is 36.4 Å². The van der Waals surface area contributed by atoms with Gasteiger partial charge < -0.3 is 19.7 Å². The summed E-state index contributed by atoms with van der Waals surface area (Å²) in [5.41, 5.74) is 1.07. The summed E-state index contributed by atoms with van der Waals surface area (Å²) in [6.45, 7) is 2.73. The predicted molar refractivity (Wildman–Crippen MR) is 104 cm³/mol. The van der Waals surface area contributed by atoms with Crippen molar-refractivity contribution in [3.8, 4) is 5.75 Å². The van der Waals surface area contributed by atoms with Gasteiger partial charge in [0.25, 0.3) is 5.91 Å². The number of hydrogen-bond donors (Lipinski definition) is 1. The average molecular weight is 400 g/mol. The Labute approximate surface area is 167 Å². The van der Waals surface area contributed by atoms with E-state index in [4.69, 9.17) is 9.47 Å². The number of halogens is 1. The first-order valence-corrected chi connectivity index (χ1v) is 9.15. The average Bonchev–Trinajstić information content (AvgIpc) is 2.81. The number of fused-ring (bicyclic) bond motifs is 1. The molecular formula is C21H21FN2O5. The number of carbonyl (C=O) groups is 3. The second kappa shape index (κ2) is 8.72. The number of hydrogen-bond acceptors (Lipinski definition) is 5. The molecule has 8 heteroatoms. The second-order valence-corrected chi connectivity index (χ2v) is 6.70. The topological polar surface area (TPSA) is 84.9 Å². The molecule has 0 bridgehead atoms. The van der Waals surface area contributed by atoms with Crippen LogP contribution < -0.4 is 15.0 Å². The van der Waals surface area contributed by atoms with Gasteiger partial charge in [0, 0.05) is 12.5 Å². The molecule has 2 aromatic rings. The lowest BCUT2D eigenvalue weighted by molar-refractivity contribution is -0.154. The largest absolute Gasteiger partial charge is 0.479 e. The van der Waals surface area contributed by atoms with Gasteiger partial charge in [-0.1, -0.05) is 12.1 Å². The molecule has 0 spiro atoms. The van der Waals surface area contributed by atoms with E-state index in [0.717, 1.165) is 0 Å². The van der Waals surface area contributed by atoms with Gasteiger partial charge in [-0.2, -0.15) is 0 Å². The Hall–Kier alpha value is -3.42. The van der Waals surface area contributed by atoms with Crippen LogP contribution >= 0.6 is 0 Å². The first kappa shape index (κ1) is 20.3. The number of nitrogens with zero attached hydrogens (tertiary/aromatic N) is 1. The van der Waals surface area contributed by atoms with E-state index in [0.29, 0.717) is 17.1 Å². The monoisotopic (exact) mass is 400 g/mol. The molecule has 0 aromatic heterocycles. The molecule has 0 saturated carbocycles. The van der Waals surface area contributed by atoms with E-state index in [1.54, 1.807) is 31.2 Å². The van der Waals surface area contributed by atoms with Gasteiger partial charge in [-0.05, 0) is 50.2 Å². The fourth-order valence-electron chi connectivity index (χ4n) is 3.05. The van der Waals surface area contributed by atoms with E-state index in [1.165, 1.54) is 36.1 Å². The minimum atomic E-state index is -0.981. The lowest BCUT2D eigenvalue weighted by Gasteiger charge is -2.27. The zero-order valence-electron chi connectivity index (χ0n) is 16.1. The Morgan fingerprint density at radius 3 is 2.62 bits per heavy atom. The van der Waals surface area contributed by atoms with Gasteiger partial charge in [0.1, 0.15) is 11.6 Å². The highest BCUT2D eigenvalue weighted by atomic mass is 19.1. The Morgan fingerprint density at radius 2 is 1.90 bits per heavy atom. The molecule has 0 aliphatic carbocycles. The summed E-state index contributed by atoms with van der Waals surface area (Å²) >= 11 is 0. The van der Waals surface area contributed by atoms with Gasteiger partial charge >= 0.3 is 5.97 Å². The zero-order valence-corrected chi connectivity index (χ0v) is 16.1. The van der Waals surface area contributed by atoms with Crippen LogP contribution in [0.5, 0.6) is 5.75 Å². The van der Waals surface area contributed by atoms with Crippen LogP contribution in [0.1, 0.15) is 20.3 Å². The Morgan fingerprint density at radius 1 is 1.21 bits per heavy atom. The summed E-state index contributed by atoms with van der Waals surface area (Å²) in [4.78, 5) is 38.4. The van der Waals surface area contributed by atoms with Crippen molar-refractivity contribution in [1.82, 2.24) is 0 Å². The van der Waals surface area contributed by atoms with Gasteiger partial charge in [0.05, 0.1) is 11.4 Å². The number of carbonyl (C=O) groups excluding carboxylic acids is 3. The molecule has 2 aromatic carbocycles. The summed E-state index contributed by atoms with van der Waals surface area (Å²) in [7, 11) is 0. The highest BCUT2D eigenvalue weighted by molar-refractivity contribution is 6.05. The maximum absolute atomic E-state index is 12.9. The van der Waals surface area contributed by atoms with Gasteiger partial charge in [-0.25, -0.2) is 9.18 Å². The first-order chi connectivity index (χ1) is 13.8. The van der Waals surface area contributed by atoms with E-state index in [-0.39, 0.29) is 12.3 Å². The van der Waals surface area contributed by atoms with Crippen LogP contribution in [0.3, 0.4) is 0 Å². The zero-order chi connectivity index (χ0) is 21.0. The van der Waals surface area contributed by atoms with Crippen LogP contribution in [0.15, 0.2) is 48.5 Å². The van der Waals surface area contributed by atoms with Crippen molar-refractivity contribution in [3.05, 3.63) is 54.3 Å². The highest BCUT2D eigenvalue weighted by Crippen LogP contribution is 2.31. The molecule has 0 radical (unpaired) electrons. The summed E-state index contributed by atoms with van der Waals surface area (Å²) in [5.74, 6) is -1.49. The summed E-state index contributed by atoms with van der Waals surface area (Å²) < 4.78 is 23.5. The van der Waals surface area contributed by atoms with Gasteiger partial charge in [0.15, 0.2) is 12.7 Å². The Kier molecular flexibility index (Phi) is 6.11. The molecule has 2 atom stereocenters. The van der Waals surface area contributed by atoms with Crippen molar-refractivity contribution in [2.24, 2.45) is 0 Å². The molecule has 1 heterocycles. The molecule has 0 fully saturated rings. The molecule has 1 aliphatic rings. The molecule has 0 unspecified atom stereocenters. The maximum atomic E-state index is 12.9. The molecule has 29 heavy (non-hydrogen) atoms. The van der Waals surface area contributed by atoms with Crippen molar-refractivity contribution < 1.29 is 28.2 Å². The van der Waals surface area contributed by atoms with Crippen LogP contribution in [0.2, 0.25) is 0 Å². The van der Waals surface area contributed by atoms with Crippen molar-refractivity contribution in [2.75, 3.05) is 16.8 Å². The smallest absolute Gasteiger partial charge is 0.347 e. The number of rotatable bonds is 5. The van der Waals surface area contributed by atoms with Gasteiger partial charge in [-0.15, -0.1) is 0 Å². The fraction of sp³-hybridized carbons (Fsp3) is 0.286. The number of amides is 2.